The normalized spacial score (nSPS) is 27.3. The minimum Gasteiger partial charge on any atom is -0.481 e. The van der Waals surface area contributed by atoms with Crippen LogP contribution in [0, 0.1) is 10.8 Å². The molecule has 0 spiro atoms. The van der Waals surface area contributed by atoms with Crippen LogP contribution >= 0.6 is 0 Å². The lowest BCUT2D eigenvalue weighted by atomic mass is 9.63. The van der Waals surface area contributed by atoms with Crippen LogP contribution in [0.15, 0.2) is 6.07 Å². The standard InChI is InChI=1S/C16H27N3O3/c1-15(2)7-11(20)8-16(3,9-15)10-17-14-18-12(21-4)6-13(19-14)22-5/h6,11,20H,7-10H2,1-5H3,(H,17,18,19). The Bertz CT molecular complexity index is 499. The molecule has 2 N–H and O–H groups in total. The molecule has 1 aromatic rings. The maximum absolute atomic E-state index is 10.1. The maximum Gasteiger partial charge on any atom is 0.229 e. The van der Waals surface area contributed by atoms with E-state index in [1.165, 1.54) is 0 Å². The first-order valence-electron chi connectivity index (χ1n) is 7.64. The van der Waals surface area contributed by atoms with Crippen molar-refractivity contribution in [3.05, 3.63) is 6.07 Å². The van der Waals surface area contributed by atoms with E-state index < -0.39 is 0 Å². The maximum atomic E-state index is 10.1. The number of nitrogens with zero attached hydrogens (tertiary/aromatic N) is 2. The van der Waals surface area contributed by atoms with E-state index in [0.717, 1.165) is 19.3 Å². The van der Waals surface area contributed by atoms with E-state index in [2.05, 4.69) is 36.1 Å². The van der Waals surface area contributed by atoms with Crippen molar-refractivity contribution in [2.45, 2.75) is 46.1 Å². The van der Waals surface area contributed by atoms with Gasteiger partial charge < -0.3 is 19.9 Å². The Morgan fingerprint density at radius 2 is 1.77 bits per heavy atom. The summed E-state index contributed by atoms with van der Waals surface area (Å²) in [5, 5.41) is 13.4. The van der Waals surface area contributed by atoms with Crippen LogP contribution in [0.1, 0.15) is 40.0 Å². The minimum atomic E-state index is -0.253. The topological polar surface area (TPSA) is 76.5 Å². The first-order chi connectivity index (χ1) is 10.3. The van der Waals surface area contributed by atoms with Crippen LogP contribution in [0.2, 0.25) is 0 Å². The van der Waals surface area contributed by atoms with Gasteiger partial charge in [0.05, 0.1) is 26.4 Å². The molecular weight excluding hydrogens is 282 g/mol. The molecule has 6 nitrogen and oxygen atoms in total. The third kappa shape index (κ3) is 4.22. The molecule has 0 radical (unpaired) electrons. The van der Waals surface area contributed by atoms with Gasteiger partial charge in [-0.3, -0.25) is 0 Å². The highest BCUT2D eigenvalue weighted by molar-refractivity contribution is 5.33. The van der Waals surface area contributed by atoms with E-state index in [1.54, 1.807) is 20.3 Å². The number of hydrogen-bond acceptors (Lipinski definition) is 6. The summed E-state index contributed by atoms with van der Waals surface area (Å²) in [6, 6.07) is 1.64. The third-order valence-electron chi connectivity index (χ3n) is 4.19. The second-order valence-corrected chi connectivity index (χ2v) is 7.34. The Morgan fingerprint density at radius 1 is 1.18 bits per heavy atom. The summed E-state index contributed by atoms with van der Waals surface area (Å²) in [5.74, 6) is 1.40. The monoisotopic (exact) mass is 309 g/mol. The molecule has 6 heteroatoms. The van der Waals surface area contributed by atoms with E-state index in [9.17, 15) is 5.11 Å². The van der Waals surface area contributed by atoms with Crippen molar-refractivity contribution in [3.63, 3.8) is 0 Å². The minimum absolute atomic E-state index is 0.000832. The highest BCUT2D eigenvalue weighted by Gasteiger charge is 2.40. The molecule has 2 rings (SSSR count). The van der Waals surface area contributed by atoms with Crippen molar-refractivity contribution in [2.24, 2.45) is 10.8 Å². The quantitative estimate of drug-likeness (QED) is 0.870. The summed E-state index contributed by atoms with van der Waals surface area (Å²) >= 11 is 0. The molecule has 1 fully saturated rings. The van der Waals surface area contributed by atoms with Gasteiger partial charge in [0.25, 0.3) is 0 Å². The fraction of sp³-hybridized carbons (Fsp3) is 0.750. The van der Waals surface area contributed by atoms with E-state index in [0.29, 0.717) is 24.3 Å². The Morgan fingerprint density at radius 3 is 2.27 bits per heavy atom. The molecule has 1 aliphatic rings. The Kier molecular flexibility index (Phi) is 4.80. The lowest BCUT2D eigenvalue weighted by molar-refractivity contribution is -0.00325. The SMILES string of the molecule is COc1cc(OC)nc(NCC2(C)CC(O)CC(C)(C)C2)n1. The molecule has 0 aliphatic heterocycles. The lowest BCUT2D eigenvalue weighted by Gasteiger charge is -2.45. The molecular formula is C16H27N3O3. The second kappa shape index (κ2) is 6.28. The second-order valence-electron chi connectivity index (χ2n) is 7.34. The van der Waals surface area contributed by atoms with E-state index >= 15 is 0 Å². The van der Waals surface area contributed by atoms with Crippen LogP contribution in [-0.4, -0.2) is 41.9 Å². The van der Waals surface area contributed by atoms with Crippen LogP contribution in [-0.2, 0) is 0 Å². The fourth-order valence-electron chi connectivity index (χ4n) is 3.70. The summed E-state index contributed by atoms with van der Waals surface area (Å²) in [6.07, 6.45) is 2.43. The van der Waals surface area contributed by atoms with Gasteiger partial charge in [0.15, 0.2) is 0 Å². The van der Waals surface area contributed by atoms with Gasteiger partial charge in [-0.2, -0.15) is 9.97 Å². The number of anilines is 1. The zero-order chi connectivity index (χ0) is 16.4. The largest absolute Gasteiger partial charge is 0.481 e. The van der Waals surface area contributed by atoms with Crippen LogP contribution in [0.25, 0.3) is 0 Å². The number of nitrogens with one attached hydrogen (secondary N) is 1. The Balaban J connectivity index is 2.08. The molecule has 2 atom stereocenters. The molecule has 124 valence electrons. The average molecular weight is 309 g/mol. The van der Waals surface area contributed by atoms with Gasteiger partial charge in [-0.1, -0.05) is 20.8 Å². The Hall–Kier alpha value is -1.56. The number of aliphatic hydroxyl groups is 1. The summed E-state index contributed by atoms with van der Waals surface area (Å²) in [5.41, 5.74) is 0.141. The van der Waals surface area contributed by atoms with Gasteiger partial charge in [-0.05, 0) is 30.1 Å². The first-order valence-corrected chi connectivity index (χ1v) is 7.64. The van der Waals surface area contributed by atoms with E-state index in [4.69, 9.17) is 9.47 Å². The predicted octanol–water partition coefficient (Wildman–Crippen LogP) is 2.48. The van der Waals surface area contributed by atoms with Crippen LogP contribution in [0.3, 0.4) is 0 Å². The number of aromatic nitrogens is 2. The van der Waals surface area contributed by atoms with Crippen molar-refractivity contribution in [1.29, 1.82) is 0 Å². The van der Waals surface area contributed by atoms with Gasteiger partial charge in [0.1, 0.15) is 0 Å². The summed E-state index contributed by atoms with van der Waals surface area (Å²) in [4.78, 5) is 8.57. The molecule has 2 unspecified atom stereocenters. The van der Waals surface area contributed by atoms with Crippen LogP contribution < -0.4 is 14.8 Å². The molecule has 0 saturated heterocycles. The summed E-state index contributed by atoms with van der Waals surface area (Å²) in [7, 11) is 3.12. The Labute approximate surface area is 132 Å². The van der Waals surface area contributed by atoms with Crippen LogP contribution in [0.4, 0.5) is 5.95 Å². The van der Waals surface area contributed by atoms with E-state index in [1.807, 2.05) is 0 Å². The average Bonchev–Trinajstić information content (AvgIpc) is 2.42. The lowest BCUT2D eigenvalue weighted by Crippen LogP contribution is -2.42. The molecule has 1 aliphatic carbocycles. The number of rotatable bonds is 5. The van der Waals surface area contributed by atoms with Crippen LogP contribution in [0.5, 0.6) is 11.8 Å². The van der Waals surface area contributed by atoms with Crippen molar-refractivity contribution in [2.75, 3.05) is 26.1 Å². The number of methoxy groups -OCH3 is 2. The first kappa shape index (κ1) is 16.8. The van der Waals surface area contributed by atoms with Gasteiger partial charge in [-0.15, -0.1) is 0 Å². The predicted molar refractivity (Wildman–Crippen MR) is 85.4 cm³/mol. The number of hydrogen-bond donors (Lipinski definition) is 2. The zero-order valence-electron chi connectivity index (χ0n) is 14.1. The van der Waals surface area contributed by atoms with Gasteiger partial charge in [0.2, 0.25) is 17.7 Å². The summed E-state index contributed by atoms with van der Waals surface area (Å²) < 4.78 is 10.3. The third-order valence-corrected chi connectivity index (χ3v) is 4.19. The highest BCUT2D eigenvalue weighted by atomic mass is 16.5. The van der Waals surface area contributed by atoms with Crippen molar-refractivity contribution >= 4 is 5.95 Å². The van der Waals surface area contributed by atoms with Crippen molar-refractivity contribution in [1.82, 2.24) is 9.97 Å². The number of aliphatic hydroxyl groups excluding tert-OH is 1. The number of ether oxygens (including phenoxy) is 2. The molecule has 22 heavy (non-hydrogen) atoms. The van der Waals surface area contributed by atoms with Gasteiger partial charge in [-0.25, -0.2) is 0 Å². The molecule has 1 saturated carbocycles. The van der Waals surface area contributed by atoms with E-state index in [-0.39, 0.29) is 16.9 Å². The molecule has 0 amide bonds. The van der Waals surface area contributed by atoms with Crippen molar-refractivity contribution in [3.8, 4) is 11.8 Å². The fourth-order valence-corrected chi connectivity index (χ4v) is 3.70. The zero-order valence-corrected chi connectivity index (χ0v) is 14.1. The summed E-state index contributed by atoms with van der Waals surface area (Å²) in [6.45, 7) is 7.31. The van der Waals surface area contributed by atoms with Gasteiger partial charge in [0, 0.05) is 6.54 Å². The molecule has 0 bridgehead atoms. The van der Waals surface area contributed by atoms with Gasteiger partial charge >= 0.3 is 0 Å². The van der Waals surface area contributed by atoms with Crippen molar-refractivity contribution < 1.29 is 14.6 Å². The molecule has 0 aromatic carbocycles. The molecule has 1 aromatic heterocycles. The smallest absolute Gasteiger partial charge is 0.229 e. The highest BCUT2D eigenvalue weighted by Crippen LogP contribution is 2.46. The molecule has 1 heterocycles.